The maximum atomic E-state index is 4.40. The molecule has 1 aliphatic carbocycles. The molecule has 1 saturated carbocycles. The van der Waals surface area contributed by atoms with E-state index in [0.717, 1.165) is 23.0 Å². The van der Waals surface area contributed by atoms with Crippen LogP contribution >= 0.6 is 11.8 Å². The van der Waals surface area contributed by atoms with Crippen molar-refractivity contribution in [3.63, 3.8) is 0 Å². The number of aromatic nitrogens is 2. The van der Waals surface area contributed by atoms with Gasteiger partial charge in [-0.1, -0.05) is 25.1 Å². The van der Waals surface area contributed by atoms with Crippen molar-refractivity contribution in [2.75, 3.05) is 6.54 Å². The molecule has 1 aromatic heterocycles. The molecule has 0 amide bonds. The Labute approximate surface area is 108 Å². The van der Waals surface area contributed by atoms with Crippen LogP contribution in [0.3, 0.4) is 0 Å². The van der Waals surface area contributed by atoms with Crippen LogP contribution in [0.2, 0.25) is 0 Å². The molecule has 0 bridgehead atoms. The van der Waals surface area contributed by atoms with Crippen LogP contribution in [0.25, 0.3) is 0 Å². The van der Waals surface area contributed by atoms with Crippen LogP contribution in [-0.4, -0.2) is 27.4 Å². The van der Waals surface area contributed by atoms with Gasteiger partial charge in [0.2, 0.25) is 0 Å². The SMILES string of the molecule is CCCNC1CCCC(Sc2nccn2C)C1. The van der Waals surface area contributed by atoms with Crippen molar-refractivity contribution in [1.29, 1.82) is 0 Å². The van der Waals surface area contributed by atoms with Crippen molar-refractivity contribution in [1.82, 2.24) is 14.9 Å². The molecule has 1 fully saturated rings. The van der Waals surface area contributed by atoms with E-state index in [4.69, 9.17) is 0 Å². The minimum atomic E-state index is 0.724. The molecule has 2 unspecified atom stereocenters. The first-order valence-corrected chi connectivity index (χ1v) is 7.55. The zero-order valence-electron chi connectivity index (χ0n) is 10.9. The summed E-state index contributed by atoms with van der Waals surface area (Å²) in [7, 11) is 2.07. The third-order valence-corrected chi connectivity index (χ3v) is 4.72. The van der Waals surface area contributed by atoms with E-state index in [2.05, 4.69) is 28.8 Å². The van der Waals surface area contributed by atoms with Gasteiger partial charge in [0.15, 0.2) is 5.16 Å². The Bertz CT molecular complexity index is 337. The number of imidazole rings is 1. The zero-order valence-corrected chi connectivity index (χ0v) is 11.7. The predicted octanol–water partition coefficient (Wildman–Crippen LogP) is 2.82. The monoisotopic (exact) mass is 253 g/mol. The van der Waals surface area contributed by atoms with Gasteiger partial charge in [0, 0.05) is 30.7 Å². The Morgan fingerprint density at radius 3 is 3.12 bits per heavy atom. The van der Waals surface area contributed by atoms with Crippen molar-refractivity contribution in [2.45, 2.75) is 55.5 Å². The maximum Gasteiger partial charge on any atom is 0.167 e. The highest BCUT2D eigenvalue weighted by Crippen LogP contribution is 2.32. The Balaban J connectivity index is 1.83. The molecule has 1 heterocycles. The Morgan fingerprint density at radius 1 is 1.53 bits per heavy atom. The highest BCUT2D eigenvalue weighted by molar-refractivity contribution is 7.99. The Hall–Kier alpha value is -0.480. The second-order valence-electron chi connectivity index (χ2n) is 4.88. The average Bonchev–Trinajstić information content (AvgIpc) is 2.73. The Kier molecular flexibility index (Phi) is 4.92. The highest BCUT2D eigenvalue weighted by atomic mass is 32.2. The molecule has 0 spiro atoms. The predicted molar refractivity (Wildman–Crippen MR) is 73.4 cm³/mol. The van der Waals surface area contributed by atoms with Crippen LogP contribution in [0, 0.1) is 0 Å². The third kappa shape index (κ3) is 3.75. The summed E-state index contributed by atoms with van der Waals surface area (Å²) in [6, 6.07) is 0.724. The van der Waals surface area contributed by atoms with E-state index in [1.54, 1.807) is 0 Å². The fourth-order valence-corrected chi connectivity index (χ4v) is 3.66. The molecule has 17 heavy (non-hydrogen) atoms. The number of nitrogens with one attached hydrogen (secondary N) is 1. The summed E-state index contributed by atoms with van der Waals surface area (Å²) >= 11 is 1.95. The number of thioether (sulfide) groups is 1. The van der Waals surface area contributed by atoms with Gasteiger partial charge in [-0.2, -0.15) is 0 Å². The van der Waals surface area contributed by atoms with Gasteiger partial charge in [0.05, 0.1) is 0 Å². The van der Waals surface area contributed by atoms with Crippen molar-refractivity contribution >= 4 is 11.8 Å². The quantitative estimate of drug-likeness (QED) is 0.875. The minimum absolute atomic E-state index is 0.724. The highest BCUT2D eigenvalue weighted by Gasteiger charge is 2.23. The first kappa shape index (κ1) is 13.0. The van der Waals surface area contributed by atoms with Crippen LogP contribution in [0.5, 0.6) is 0 Å². The minimum Gasteiger partial charge on any atom is -0.329 e. The van der Waals surface area contributed by atoms with Gasteiger partial charge in [-0.05, 0) is 32.2 Å². The van der Waals surface area contributed by atoms with Gasteiger partial charge in [-0.15, -0.1) is 0 Å². The number of hydrogen-bond donors (Lipinski definition) is 1. The van der Waals surface area contributed by atoms with Gasteiger partial charge in [0.1, 0.15) is 0 Å². The third-order valence-electron chi connectivity index (χ3n) is 3.36. The summed E-state index contributed by atoms with van der Waals surface area (Å²) in [5.41, 5.74) is 0. The van der Waals surface area contributed by atoms with Crippen LogP contribution in [0.15, 0.2) is 17.6 Å². The van der Waals surface area contributed by atoms with E-state index >= 15 is 0 Å². The molecule has 0 saturated heterocycles. The van der Waals surface area contributed by atoms with E-state index in [0.29, 0.717) is 0 Å². The molecule has 1 aliphatic rings. The van der Waals surface area contributed by atoms with Crippen molar-refractivity contribution < 1.29 is 0 Å². The number of rotatable bonds is 5. The van der Waals surface area contributed by atoms with E-state index in [-0.39, 0.29) is 0 Å². The van der Waals surface area contributed by atoms with E-state index in [1.807, 2.05) is 24.2 Å². The fraction of sp³-hybridized carbons (Fsp3) is 0.769. The van der Waals surface area contributed by atoms with Crippen LogP contribution < -0.4 is 5.32 Å². The zero-order chi connectivity index (χ0) is 12.1. The molecule has 1 N–H and O–H groups in total. The summed E-state index contributed by atoms with van der Waals surface area (Å²) in [5.74, 6) is 0. The summed E-state index contributed by atoms with van der Waals surface area (Å²) in [6.07, 6.45) is 10.5. The van der Waals surface area contributed by atoms with E-state index in [9.17, 15) is 0 Å². The van der Waals surface area contributed by atoms with Crippen molar-refractivity contribution in [3.8, 4) is 0 Å². The lowest BCUT2D eigenvalue weighted by molar-refractivity contribution is 0.381. The lowest BCUT2D eigenvalue weighted by Crippen LogP contribution is -2.35. The second kappa shape index (κ2) is 6.45. The molecule has 96 valence electrons. The van der Waals surface area contributed by atoms with Crippen LogP contribution in [0.1, 0.15) is 39.0 Å². The second-order valence-corrected chi connectivity index (χ2v) is 6.15. The smallest absolute Gasteiger partial charge is 0.167 e. The first-order valence-electron chi connectivity index (χ1n) is 6.67. The summed E-state index contributed by atoms with van der Waals surface area (Å²) in [5, 5.41) is 5.55. The molecule has 4 heteroatoms. The molecule has 0 radical (unpaired) electrons. The molecular formula is C13H23N3S. The maximum absolute atomic E-state index is 4.40. The van der Waals surface area contributed by atoms with Gasteiger partial charge in [-0.3, -0.25) is 0 Å². The largest absolute Gasteiger partial charge is 0.329 e. The van der Waals surface area contributed by atoms with Gasteiger partial charge >= 0.3 is 0 Å². The van der Waals surface area contributed by atoms with Gasteiger partial charge in [0.25, 0.3) is 0 Å². The average molecular weight is 253 g/mol. The van der Waals surface area contributed by atoms with Crippen molar-refractivity contribution in [2.24, 2.45) is 7.05 Å². The molecule has 2 rings (SSSR count). The van der Waals surface area contributed by atoms with E-state index < -0.39 is 0 Å². The summed E-state index contributed by atoms with van der Waals surface area (Å²) in [6.45, 7) is 3.39. The lowest BCUT2D eigenvalue weighted by atomic mass is 9.95. The Morgan fingerprint density at radius 2 is 2.41 bits per heavy atom. The molecule has 0 aromatic carbocycles. The standard InChI is InChI=1S/C13H23N3S/c1-3-7-14-11-5-4-6-12(10-11)17-13-15-8-9-16(13)2/h8-9,11-12,14H,3-7,10H2,1-2H3. The van der Waals surface area contributed by atoms with Gasteiger partial charge in [-0.25, -0.2) is 4.98 Å². The molecule has 2 atom stereocenters. The number of hydrogen-bond acceptors (Lipinski definition) is 3. The number of aryl methyl sites for hydroxylation is 1. The molecule has 0 aliphatic heterocycles. The molecule has 1 aromatic rings. The topological polar surface area (TPSA) is 29.9 Å². The van der Waals surface area contributed by atoms with E-state index in [1.165, 1.54) is 32.1 Å². The fourth-order valence-electron chi connectivity index (χ4n) is 2.40. The molecular weight excluding hydrogens is 230 g/mol. The van der Waals surface area contributed by atoms with Gasteiger partial charge < -0.3 is 9.88 Å². The normalized spacial score (nSPS) is 25.1. The van der Waals surface area contributed by atoms with Crippen LogP contribution in [0.4, 0.5) is 0 Å². The summed E-state index contributed by atoms with van der Waals surface area (Å²) in [4.78, 5) is 4.40. The molecule has 3 nitrogen and oxygen atoms in total. The first-order chi connectivity index (χ1) is 8.29. The van der Waals surface area contributed by atoms with Crippen molar-refractivity contribution in [3.05, 3.63) is 12.4 Å². The van der Waals surface area contributed by atoms with Crippen LogP contribution in [-0.2, 0) is 7.05 Å². The number of nitrogens with zero attached hydrogens (tertiary/aromatic N) is 2. The lowest BCUT2D eigenvalue weighted by Gasteiger charge is -2.29. The summed E-state index contributed by atoms with van der Waals surface area (Å²) < 4.78 is 2.12.